The van der Waals surface area contributed by atoms with E-state index < -0.39 is 0 Å². The number of hydrogen-bond acceptors (Lipinski definition) is 2. The minimum atomic E-state index is 0.0867. The lowest BCUT2D eigenvalue weighted by atomic mass is 9.81. The maximum Gasteiger partial charge on any atom is 0.0535 e. The van der Waals surface area contributed by atoms with E-state index in [9.17, 15) is 0 Å². The molecule has 1 aliphatic heterocycles. The molecule has 0 aromatic heterocycles. The molecule has 0 radical (unpaired) electrons. The van der Waals surface area contributed by atoms with Gasteiger partial charge in [-0.2, -0.15) is 0 Å². The van der Waals surface area contributed by atoms with Crippen molar-refractivity contribution in [2.75, 3.05) is 19.6 Å². The topological polar surface area (TPSA) is 15.3 Å². The summed E-state index contributed by atoms with van der Waals surface area (Å²) in [4.78, 5) is 2.79. The van der Waals surface area contributed by atoms with Gasteiger partial charge in [-0.3, -0.25) is 4.90 Å². The third-order valence-corrected chi connectivity index (χ3v) is 5.72. The van der Waals surface area contributed by atoms with Gasteiger partial charge in [-0.25, -0.2) is 0 Å². The Balaban J connectivity index is 1.81. The Labute approximate surface area is 129 Å². The molecule has 116 valence electrons. The van der Waals surface area contributed by atoms with Crippen molar-refractivity contribution in [3.63, 3.8) is 0 Å². The Morgan fingerprint density at radius 3 is 2.52 bits per heavy atom. The molecule has 1 saturated heterocycles. The van der Waals surface area contributed by atoms with Crippen LogP contribution in [0.5, 0.6) is 0 Å². The van der Waals surface area contributed by atoms with Crippen molar-refractivity contribution in [1.29, 1.82) is 0 Å². The third kappa shape index (κ3) is 2.89. The van der Waals surface area contributed by atoms with Gasteiger partial charge < -0.3 is 5.32 Å². The summed E-state index contributed by atoms with van der Waals surface area (Å²) in [5, 5.41) is 3.89. The molecule has 1 saturated carbocycles. The Kier molecular flexibility index (Phi) is 4.11. The van der Waals surface area contributed by atoms with Crippen molar-refractivity contribution >= 4 is 0 Å². The molecule has 2 heteroatoms. The van der Waals surface area contributed by atoms with E-state index in [0.29, 0.717) is 5.54 Å². The summed E-state index contributed by atoms with van der Waals surface area (Å²) in [7, 11) is 0. The summed E-state index contributed by atoms with van der Waals surface area (Å²) >= 11 is 0. The van der Waals surface area contributed by atoms with Crippen LogP contribution in [0.4, 0.5) is 0 Å². The monoisotopic (exact) mass is 286 g/mol. The van der Waals surface area contributed by atoms with Crippen molar-refractivity contribution in [1.82, 2.24) is 10.2 Å². The fraction of sp³-hybridized carbons (Fsp3) is 0.684. The van der Waals surface area contributed by atoms with Crippen molar-refractivity contribution in [2.24, 2.45) is 5.92 Å². The van der Waals surface area contributed by atoms with Crippen LogP contribution in [0.25, 0.3) is 0 Å². The highest BCUT2D eigenvalue weighted by molar-refractivity contribution is 5.26. The maximum atomic E-state index is 3.89. The number of piperazine rings is 1. The van der Waals surface area contributed by atoms with E-state index in [-0.39, 0.29) is 5.54 Å². The highest BCUT2D eigenvalue weighted by atomic mass is 15.3. The van der Waals surface area contributed by atoms with Crippen molar-refractivity contribution in [3.05, 3.63) is 35.9 Å². The first-order valence-electron chi connectivity index (χ1n) is 8.64. The van der Waals surface area contributed by atoms with Gasteiger partial charge in [0.25, 0.3) is 0 Å². The Morgan fingerprint density at radius 1 is 1.19 bits per heavy atom. The van der Waals surface area contributed by atoms with Gasteiger partial charge >= 0.3 is 0 Å². The maximum absolute atomic E-state index is 3.89. The number of hydrogen-bond donors (Lipinski definition) is 1. The summed E-state index contributed by atoms with van der Waals surface area (Å²) in [5.74, 6) is 0.905. The van der Waals surface area contributed by atoms with E-state index >= 15 is 0 Å². The second kappa shape index (κ2) is 5.73. The summed E-state index contributed by atoms with van der Waals surface area (Å²) in [6.07, 6.45) is 5.44. The molecule has 1 aromatic carbocycles. The van der Waals surface area contributed by atoms with Crippen LogP contribution >= 0.6 is 0 Å². The zero-order chi connectivity index (χ0) is 14.9. The van der Waals surface area contributed by atoms with Crippen LogP contribution in [0.2, 0.25) is 0 Å². The zero-order valence-corrected chi connectivity index (χ0v) is 13.9. The fourth-order valence-corrected chi connectivity index (χ4v) is 3.89. The van der Waals surface area contributed by atoms with Crippen LogP contribution in [0.1, 0.15) is 52.0 Å². The van der Waals surface area contributed by atoms with E-state index in [2.05, 4.69) is 61.3 Å². The van der Waals surface area contributed by atoms with E-state index in [1.807, 2.05) is 0 Å². The Morgan fingerprint density at radius 2 is 1.90 bits per heavy atom. The molecule has 0 amide bonds. The van der Waals surface area contributed by atoms with E-state index in [0.717, 1.165) is 19.0 Å². The van der Waals surface area contributed by atoms with Crippen molar-refractivity contribution in [3.8, 4) is 0 Å². The van der Waals surface area contributed by atoms with E-state index in [1.165, 1.54) is 37.8 Å². The summed E-state index contributed by atoms with van der Waals surface area (Å²) in [6.45, 7) is 10.6. The number of nitrogens with zero attached hydrogens (tertiary/aromatic N) is 1. The Hall–Kier alpha value is -0.860. The quantitative estimate of drug-likeness (QED) is 0.886. The molecule has 2 unspecified atom stereocenters. The molecule has 0 spiro atoms. The molecule has 0 bridgehead atoms. The number of benzene rings is 1. The van der Waals surface area contributed by atoms with Gasteiger partial charge in [-0.05, 0) is 51.1 Å². The molecule has 3 rings (SSSR count). The Bertz CT molecular complexity index is 468. The lowest BCUT2D eigenvalue weighted by Crippen LogP contribution is -2.67. The highest BCUT2D eigenvalue weighted by Gasteiger charge is 2.50. The summed E-state index contributed by atoms with van der Waals surface area (Å²) in [5.41, 5.74) is 1.87. The van der Waals surface area contributed by atoms with Gasteiger partial charge in [-0.1, -0.05) is 43.7 Å². The fourth-order valence-electron chi connectivity index (χ4n) is 3.89. The molecular formula is C19H30N2. The van der Waals surface area contributed by atoms with Crippen LogP contribution in [0, 0.1) is 5.92 Å². The minimum absolute atomic E-state index is 0.0867. The molecule has 2 fully saturated rings. The van der Waals surface area contributed by atoms with Crippen LogP contribution in [-0.4, -0.2) is 30.1 Å². The molecule has 2 nitrogen and oxygen atoms in total. The minimum Gasteiger partial charge on any atom is -0.305 e. The molecular weight excluding hydrogens is 256 g/mol. The van der Waals surface area contributed by atoms with Crippen molar-refractivity contribution < 1.29 is 0 Å². The van der Waals surface area contributed by atoms with Gasteiger partial charge in [-0.15, -0.1) is 0 Å². The summed E-state index contributed by atoms with van der Waals surface area (Å²) in [6, 6.07) is 11.0. The van der Waals surface area contributed by atoms with E-state index in [4.69, 9.17) is 0 Å². The predicted octanol–water partition coefficient (Wildman–Crippen LogP) is 3.78. The molecule has 1 aromatic rings. The average molecular weight is 286 g/mol. The summed E-state index contributed by atoms with van der Waals surface area (Å²) < 4.78 is 0. The molecule has 21 heavy (non-hydrogen) atoms. The van der Waals surface area contributed by atoms with Crippen LogP contribution in [-0.2, 0) is 5.54 Å². The second-order valence-corrected chi connectivity index (χ2v) is 7.46. The van der Waals surface area contributed by atoms with Gasteiger partial charge in [0, 0.05) is 18.6 Å². The lowest BCUT2D eigenvalue weighted by Gasteiger charge is -2.53. The van der Waals surface area contributed by atoms with E-state index in [1.54, 1.807) is 0 Å². The SMILES string of the molecule is CCCCN1CC(C)(c2ccccc2)NCC1(C)C1CC1. The highest BCUT2D eigenvalue weighted by Crippen LogP contribution is 2.46. The van der Waals surface area contributed by atoms with Crippen LogP contribution in [0.15, 0.2) is 30.3 Å². The molecule has 2 aliphatic rings. The standard InChI is InChI=1S/C19H30N2/c1-4-5-13-21-15-18(2,16-9-7-6-8-10-16)20-14-19(21,3)17-11-12-17/h6-10,17,20H,4-5,11-15H2,1-3H3. The third-order valence-electron chi connectivity index (χ3n) is 5.72. The van der Waals surface area contributed by atoms with Gasteiger partial charge in [0.2, 0.25) is 0 Å². The molecule has 1 N–H and O–H groups in total. The van der Waals surface area contributed by atoms with Crippen molar-refractivity contribution in [2.45, 2.75) is 57.5 Å². The van der Waals surface area contributed by atoms with Crippen LogP contribution in [0.3, 0.4) is 0 Å². The van der Waals surface area contributed by atoms with Crippen LogP contribution < -0.4 is 5.32 Å². The first kappa shape index (κ1) is 15.1. The zero-order valence-electron chi connectivity index (χ0n) is 13.9. The number of unbranched alkanes of at least 4 members (excludes halogenated alkanes) is 1. The largest absolute Gasteiger partial charge is 0.305 e. The van der Waals surface area contributed by atoms with Gasteiger partial charge in [0.15, 0.2) is 0 Å². The first-order valence-corrected chi connectivity index (χ1v) is 8.64. The average Bonchev–Trinajstić information content (AvgIpc) is 3.35. The molecule has 2 atom stereocenters. The van der Waals surface area contributed by atoms with Gasteiger partial charge in [0.1, 0.15) is 0 Å². The first-order chi connectivity index (χ1) is 10.1. The number of nitrogens with one attached hydrogen (secondary N) is 1. The second-order valence-electron chi connectivity index (χ2n) is 7.46. The van der Waals surface area contributed by atoms with Gasteiger partial charge in [0.05, 0.1) is 5.54 Å². The lowest BCUT2D eigenvalue weighted by molar-refractivity contribution is 0.00401. The normalized spacial score (nSPS) is 34.0. The smallest absolute Gasteiger partial charge is 0.0535 e. The predicted molar refractivity (Wildman–Crippen MR) is 89.4 cm³/mol. The number of rotatable bonds is 5. The molecule has 1 heterocycles. The molecule has 1 aliphatic carbocycles.